The van der Waals surface area contributed by atoms with Gasteiger partial charge >= 0.3 is 0 Å². The molecule has 0 atom stereocenters. The lowest BCUT2D eigenvalue weighted by Crippen LogP contribution is -2.13. The van der Waals surface area contributed by atoms with Crippen LogP contribution in [0.1, 0.15) is 10.4 Å². The Balaban J connectivity index is 1.71. The van der Waals surface area contributed by atoms with Crippen LogP contribution in [0, 0.1) is 0 Å². The highest BCUT2D eigenvalue weighted by molar-refractivity contribution is 7.93. The van der Waals surface area contributed by atoms with Gasteiger partial charge in [-0.05, 0) is 23.8 Å². The number of hydrogen-bond acceptors (Lipinski definition) is 5. The standard InChI is InChI=1S/C22H19N3O2S2/c23-18-12-7-13-19(15-18)29(26,27)25-22-24-21(17-10-5-2-6-11-17)20(28-22)14-16-8-3-1-4-9-16/h1-13,15H,14,23H2,(H,24,25). The zero-order chi connectivity index (χ0) is 20.3. The van der Waals surface area contributed by atoms with E-state index >= 15 is 0 Å². The molecule has 0 radical (unpaired) electrons. The minimum atomic E-state index is -3.78. The van der Waals surface area contributed by atoms with Crippen molar-refractivity contribution in [1.29, 1.82) is 0 Å². The first-order chi connectivity index (χ1) is 14.0. The van der Waals surface area contributed by atoms with Crippen molar-refractivity contribution in [2.45, 2.75) is 11.3 Å². The molecule has 0 aliphatic carbocycles. The lowest BCUT2D eigenvalue weighted by Gasteiger charge is -2.05. The van der Waals surface area contributed by atoms with Gasteiger partial charge in [0.1, 0.15) is 0 Å². The van der Waals surface area contributed by atoms with Crippen LogP contribution in [0.25, 0.3) is 11.3 Å². The van der Waals surface area contributed by atoms with Crippen molar-refractivity contribution in [2.24, 2.45) is 0 Å². The largest absolute Gasteiger partial charge is 0.399 e. The molecule has 0 saturated heterocycles. The second-order valence-electron chi connectivity index (χ2n) is 6.50. The smallest absolute Gasteiger partial charge is 0.263 e. The van der Waals surface area contributed by atoms with Crippen LogP contribution in [-0.2, 0) is 16.4 Å². The summed E-state index contributed by atoms with van der Waals surface area (Å²) in [7, 11) is -3.78. The van der Waals surface area contributed by atoms with Crippen LogP contribution in [-0.4, -0.2) is 13.4 Å². The summed E-state index contributed by atoms with van der Waals surface area (Å²) in [4.78, 5) is 5.71. The number of aromatic nitrogens is 1. The van der Waals surface area contributed by atoms with Crippen LogP contribution in [0.4, 0.5) is 10.8 Å². The Morgan fingerprint density at radius 2 is 1.59 bits per heavy atom. The van der Waals surface area contributed by atoms with Gasteiger partial charge < -0.3 is 5.73 Å². The molecule has 1 aromatic heterocycles. The SMILES string of the molecule is Nc1cccc(S(=O)(=O)Nc2nc(-c3ccccc3)c(Cc3ccccc3)s2)c1. The van der Waals surface area contributed by atoms with Gasteiger partial charge in [0, 0.05) is 22.5 Å². The van der Waals surface area contributed by atoms with E-state index in [0.29, 0.717) is 17.2 Å². The maximum Gasteiger partial charge on any atom is 0.263 e. The van der Waals surface area contributed by atoms with Crippen LogP contribution in [0.2, 0.25) is 0 Å². The Morgan fingerprint density at radius 3 is 2.28 bits per heavy atom. The number of nitrogens with one attached hydrogen (secondary N) is 1. The third-order valence-electron chi connectivity index (χ3n) is 4.34. The quantitative estimate of drug-likeness (QED) is 0.439. The molecule has 146 valence electrons. The normalized spacial score (nSPS) is 11.3. The molecular formula is C22H19N3O2S2. The van der Waals surface area contributed by atoms with E-state index in [1.165, 1.54) is 23.5 Å². The van der Waals surface area contributed by atoms with Crippen LogP contribution < -0.4 is 10.5 Å². The zero-order valence-corrected chi connectivity index (χ0v) is 17.1. The molecule has 3 N–H and O–H groups in total. The molecule has 0 amide bonds. The molecule has 5 nitrogen and oxygen atoms in total. The molecule has 4 aromatic rings. The number of sulfonamides is 1. The number of nitrogens with two attached hydrogens (primary N) is 1. The fourth-order valence-corrected chi connectivity index (χ4v) is 5.28. The summed E-state index contributed by atoms with van der Waals surface area (Å²) >= 11 is 1.34. The highest BCUT2D eigenvalue weighted by Gasteiger charge is 2.20. The van der Waals surface area contributed by atoms with E-state index in [1.807, 2.05) is 60.7 Å². The third kappa shape index (κ3) is 4.47. The molecule has 0 saturated carbocycles. The Bertz CT molecular complexity index is 1220. The summed E-state index contributed by atoms with van der Waals surface area (Å²) in [6.45, 7) is 0. The second-order valence-corrected chi connectivity index (χ2v) is 9.26. The molecule has 0 spiro atoms. The molecular weight excluding hydrogens is 402 g/mol. The maximum atomic E-state index is 12.8. The van der Waals surface area contributed by atoms with Gasteiger partial charge in [0.2, 0.25) is 0 Å². The van der Waals surface area contributed by atoms with E-state index in [-0.39, 0.29) is 4.90 Å². The summed E-state index contributed by atoms with van der Waals surface area (Å²) in [6.07, 6.45) is 0.669. The Labute approximate surface area is 173 Å². The summed E-state index contributed by atoms with van der Waals surface area (Å²) in [5.74, 6) is 0. The summed E-state index contributed by atoms with van der Waals surface area (Å²) in [6, 6.07) is 26.0. The van der Waals surface area contributed by atoms with Crippen molar-refractivity contribution in [3.63, 3.8) is 0 Å². The topological polar surface area (TPSA) is 85.1 Å². The van der Waals surface area contributed by atoms with Crippen LogP contribution in [0.5, 0.6) is 0 Å². The van der Waals surface area contributed by atoms with E-state index in [0.717, 1.165) is 21.7 Å². The monoisotopic (exact) mass is 421 g/mol. The highest BCUT2D eigenvalue weighted by atomic mass is 32.2. The molecule has 0 unspecified atom stereocenters. The minimum absolute atomic E-state index is 0.110. The van der Waals surface area contributed by atoms with Gasteiger partial charge in [-0.25, -0.2) is 13.4 Å². The Hall–Kier alpha value is -3.16. The van der Waals surface area contributed by atoms with Gasteiger partial charge in [0.05, 0.1) is 10.6 Å². The van der Waals surface area contributed by atoms with Crippen molar-refractivity contribution < 1.29 is 8.42 Å². The number of anilines is 2. The van der Waals surface area contributed by atoms with Crippen molar-refractivity contribution in [1.82, 2.24) is 4.98 Å². The first-order valence-corrected chi connectivity index (χ1v) is 11.3. The van der Waals surface area contributed by atoms with Gasteiger partial charge in [-0.3, -0.25) is 4.72 Å². The van der Waals surface area contributed by atoms with E-state index in [1.54, 1.807) is 12.1 Å². The number of hydrogen-bond donors (Lipinski definition) is 2. The number of thiazole rings is 1. The number of nitrogens with zero attached hydrogens (tertiary/aromatic N) is 1. The second kappa shape index (κ2) is 8.06. The van der Waals surface area contributed by atoms with Gasteiger partial charge in [0.25, 0.3) is 10.0 Å². The van der Waals surface area contributed by atoms with E-state index in [9.17, 15) is 8.42 Å². The van der Waals surface area contributed by atoms with Crippen molar-refractivity contribution in [3.05, 3.63) is 95.4 Å². The molecule has 0 aliphatic heterocycles. The fourth-order valence-electron chi connectivity index (χ4n) is 2.97. The Kier molecular flexibility index (Phi) is 5.33. The first-order valence-electron chi connectivity index (χ1n) is 8.99. The van der Waals surface area contributed by atoms with Gasteiger partial charge in [-0.2, -0.15) is 0 Å². The average Bonchev–Trinajstić information content (AvgIpc) is 3.11. The molecule has 3 aromatic carbocycles. The predicted molar refractivity (Wildman–Crippen MR) is 118 cm³/mol. The van der Waals surface area contributed by atoms with Crippen LogP contribution in [0.3, 0.4) is 0 Å². The van der Waals surface area contributed by atoms with Crippen molar-refractivity contribution in [2.75, 3.05) is 10.5 Å². The predicted octanol–water partition coefficient (Wildman–Crippen LogP) is 4.78. The Morgan fingerprint density at radius 1 is 0.897 bits per heavy atom. The summed E-state index contributed by atoms with van der Waals surface area (Å²) in [5.41, 5.74) is 8.99. The lowest BCUT2D eigenvalue weighted by atomic mass is 10.1. The zero-order valence-electron chi connectivity index (χ0n) is 15.4. The molecule has 7 heteroatoms. The van der Waals surface area contributed by atoms with Crippen LogP contribution in [0.15, 0.2) is 89.8 Å². The van der Waals surface area contributed by atoms with Gasteiger partial charge in [-0.15, -0.1) is 11.3 Å². The first kappa shape index (κ1) is 19.2. The average molecular weight is 422 g/mol. The lowest BCUT2D eigenvalue weighted by molar-refractivity contribution is 0.601. The highest BCUT2D eigenvalue weighted by Crippen LogP contribution is 2.34. The summed E-state index contributed by atoms with van der Waals surface area (Å²) in [5, 5.41) is 0.331. The van der Waals surface area contributed by atoms with Crippen molar-refractivity contribution >= 4 is 32.2 Å². The molecule has 4 rings (SSSR count). The number of rotatable bonds is 6. The van der Waals surface area contributed by atoms with E-state index in [4.69, 9.17) is 5.73 Å². The van der Waals surface area contributed by atoms with Crippen LogP contribution >= 0.6 is 11.3 Å². The van der Waals surface area contributed by atoms with E-state index in [2.05, 4.69) is 9.71 Å². The molecule has 0 bridgehead atoms. The molecule has 0 aliphatic rings. The summed E-state index contributed by atoms with van der Waals surface area (Å²) < 4.78 is 28.1. The van der Waals surface area contributed by atoms with Crippen molar-refractivity contribution in [3.8, 4) is 11.3 Å². The third-order valence-corrected chi connectivity index (χ3v) is 6.78. The maximum absolute atomic E-state index is 12.8. The molecule has 29 heavy (non-hydrogen) atoms. The fraction of sp³-hybridized carbons (Fsp3) is 0.0455. The van der Waals surface area contributed by atoms with Gasteiger partial charge in [-0.1, -0.05) is 66.7 Å². The minimum Gasteiger partial charge on any atom is -0.399 e. The number of nitrogen functional groups attached to an aromatic ring is 1. The number of benzene rings is 3. The molecule has 1 heterocycles. The van der Waals surface area contributed by atoms with Gasteiger partial charge in [0.15, 0.2) is 5.13 Å². The molecule has 0 fully saturated rings. The van der Waals surface area contributed by atoms with E-state index < -0.39 is 10.0 Å².